The van der Waals surface area contributed by atoms with Crippen molar-refractivity contribution < 1.29 is 53.4 Å². The second kappa shape index (κ2) is 16.0. The summed E-state index contributed by atoms with van der Waals surface area (Å²) in [6, 6.07) is 34.3. The van der Waals surface area contributed by atoms with Gasteiger partial charge in [-0.2, -0.15) is 0 Å². The molecule has 0 saturated heterocycles. The molecule has 0 aromatic heterocycles. The Morgan fingerprint density at radius 1 is 0.800 bits per heavy atom. The average molecular weight is 548 g/mol. The predicted octanol–water partition coefficient (Wildman–Crippen LogP) is 2.26. The van der Waals surface area contributed by atoms with Crippen LogP contribution in [0.3, 0.4) is 0 Å². The molecule has 0 atom stereocenters. The van der Waals surface area contributed by atoms with Crippen LogP contribution in [0.2, 0.25) is 0 Å². The molecule has 0 bridgehead atoms. The molecule has 0 fully saturated rings. The van der Waals surface area contributed by atoms with Crippen LogP contribution in [0, 0.1) is 5.82 Å². The molecule has 0 aliphatic heterocycles. The van der Waals surface area contributed by atoms with Gasteiger partial charge in [0.25, 0.3) is 5.91 Å². The largest absolute Gasteiger partial charge is 1.00 e. The zero-order valence-electron chi connectivity index (χ0n) is 22.7. The molecule has 0 radical (unpaired) electrons. The Labute approximate surface area is 256 Å². The Kier molecular flexibility index (Phi) is 12.4. The molecule has 0 aliphatic carbocycles. The Hall–Kier alpha value is -3.45. The predicted molar refractivity (Wildman–Crippen MR) is 147 cm³/mol. The fourth-order valence-electron chi connectivity index (χ4n) is 4.68. The van der Waals surface area contributed by atoms with Crippen LogP contribution in [-0.4, -0.2) is 36.5 Å². The minimum Gasteiger partial charge on any atom is -0.546 e. The van der Waals surface area contributed by atoms with Crippen molar-refractivity contribution in [3.05, 3.63) is 137 Å². The van der Waals surface area contributed by atoms with Crippen molar-refractivity contribution in [3.63, 3.8) is 0 Å². The van der Waals surface area contributed by atoms with E-state index in [-0.39, 0.29) is 47.1 Å². The molecular weight excluding hydrogens is 516 g/mol. The summed E-state index contributed by atoms with van der Waals surface area (Å²) in [7, 11) is 0. The summed E-state index contributed by atoms with van der Waals surface area (Å²) >= 11 is 0. The zero-order chi connectivity index (χ0) is 27.5. The van der Waals surface area contributed by atoms with Gasteiger partial charge in [-0.25, -0.2) is 4.39 Å². The van der Waals surface area contributed by atoms with E-state index in [9.17, 15) is 19.1 Å². The number of hydrogen-bond acceptors (Lipinski definition) is 4. The number of aryl methyl sites for hydroxylation is 1. The smallest absolute Gasteiger partial charge is 0.546 e. The molecule has 200 valence electrons. The van der Waals surface area contributed by atoms with E-state index in [1.165, 1.54) is 23.3 Å². The van der Waals surface area contributed by atoms with Crippen LogP contribution in [0.25, 0.3) is 0 Å². The molecule has 4 rings (SSSR count). The third-order valence-electron chi connectivity index (χ3n) is 6.63. The van der Waals surface area contributed by atoms with Crippen LogP contribution in [0.1, 0.15) is 45.8 Å². The number of amides is 1. The summed E-state index contributed by atoms with van der Waals surface area (Å²) < 4.78 is 19.0. The van der Waals surface area contributed by atoms with Crippen LogP contribution in [-0.2, 0) is 11.2 Å². The second-order valence-corrected chi connectivity index (χ2v) is 9.35. The number of hydrogen-bond donors (Lipinski definition) is 0. The van der Waals surface area contributed by atoms with E-state index in [0.717, 1.165) is 12.0 Å². The molecule has 0 N–H and O–H groups in total. The molecule has 40 heavy (non-hydrogen) atoms. The Balaban J connectivity index is 0.00000441. The van der Waals surface area contributed by atoms with E-state index in [0.29, 0.717) is 31.5 Å². The molecule has 1 amide bonds. The maximum Gasteiger partial charge on any atom is 1.00 e. The first-order chi connectivity index (χ1) is 19.0. The SMILES string of the molecule is O=C([O-])COc1cc(CCCN(CCC(c2ccccc2)c2ccccc2)C(=O)c2ccccc2)ccc1F.[Na+]. The van der Waals surface area contributed by atoms with Crippen molar-refractivity contribution >= 4 is 11.9 Å². The first-order valence-electron chi connectivity index (χ1n) is 13.1. The fraction of sp³-hybridized carbons (Fsp3) is 0.212. The van der Waals surface area contributed by atoms with Crippen LogP contribution in [0.5, 0.6) is 5.75 Å². The van der Waals surface area contributed by atoms with E-state index >= 15 is 0 Å². The fourth-order valence-corrected chi connectivity index (χ4v) is 4.68. The topological polar surface area (TPSA) is 69.7 Å². The molecule has 0 spiro atoms. The molecule has 7 heteroatoms. The van der Waals surface area contributed by atoms with Crippen molar-refractivity contribution in [2.75, 3.05) is 19.7 Å². The van der Waals surface area contributed by atoms with Crippen LogP contribution < -0.4 is 39.4 Å². The van der Waals surface area contributed by atoms with Gasteiger partial charge in [-0.15, -0.1) is 0 Å². The van der Waals surface area contributed by atoms with Crippen LogP contribution in [0.4, 0.5) is 4.39 Å². The van der Waals surface area contributed by atoms with E-state index in [1.807, 2.05) is 71.6 Å². The average Bonchev–Trinajstić information content (AvgIpc) is 2.97. The van der Waals surface area contributed by atoms with Crippen molar-refractivity contribution in [3.8, 4) is 5.75 Å². The molecule has 0 aliphatic rings. The maximum absolute atomic E-state index is 14.0. The van der Waals surface area contributed by atoms with Crippen molar-refractivity contribution in [1.29, 1.82) is 0 Å². The van der Waals surface area contributed by atoms with Gasteiger partial charge in [0, 0.05) is 24.6 Å². The van der Waals surface area contributed by atoms with Crippen molar-refractivity contribution in [2.24, 2.45) is 0 Å². The first kappa shape index (κ1) is 31.1. The van der Waals surface area contributed by atoms with E-state index < -0.39 is 18.4 Å². The van der Waals surface area contributed by atoms with E-state index in [4.69, 9.17) is 4.74 Å². The summed E-state index contributed by atoms with van der Waals surface area (Å²) in [5.41, 5.74) is 3.83. The molecule has 5 nitrogen and oxygen atoms in total. The van der Waals surface area contributed by atoms with Gasteiger partial charge in [-0.1, -0.05) is 84.9 Å². The number of carboxylic acids is 1. The summed E-state index contributed by atoms with van der Waals surface area (Å²) in [4.78, 5) is 26.1. The number of carbonyl (C=O) groups is 2. The Morgan fingerprint density at radius 2 is 1.38 bits per heavy atom. The van der Waals surface area contributed by atoms with E-state index in [1.54, 1.807) is 6.07 Å². The van der Waals surface area contributed by atoms with Gasteiger partial charge in [0.2, 0.25) is 0 Å². The molecule has 0 saturated carbocycles. The first-order valence-corrected chi connectivity index (χ1v) is 13.1. The van der Waals surface area contributed by atoms with Gasteiger partial charge >= 0.3 is 29.6 Å². The van der Waals surface area contributed by atoms with Crippen LogP contribution >= 0.6 is 0 Å². The van der Waals surface area contributed by atoms with Gasteiger partial charge in [-0.05, 0) is 60.2 Å². The maximum atomic E-state index is 14.0. The summed E-state index contributed by atoms with van der Waals surface area (Å²) in [6.45, 7) is 0.353. The molecule has 4 aromatic rings. The quantitative estimate of drug-likeness (QED) is 0.241. The number of carboxylic acid groups (broad SMARTS) is 1. The van der Waals surface area contributed by atoms with Gasteiger partial charge in [0.1, 0.15) is 6.61 Å². The standard InChI is InChI=1S/C33H32FNO4.Na/c34-30-19-18-25(23-31(30)39-24-32(36)37)11-10-21-35(33(38)28-16-8-3-9-17-28)22-20-29(26-12-4-1-5-13-26)27-14-6-2-7-15-27;/h1-9,12-19,23,29H,10-11,20-22,24H2,(H,36,37);/q;+1/p-1. The summed E-state index contributed by atoms with van der Waals surface area (Å²) in [5, 5.41) is 10.7. The number of carbonyl (C=O) groups excluding carboxylic acids is 2. The van der Waals surface area contributed by atoms with Gasteiger partial charge < -0.3 is 19.5 Å². The number of nitrogens with zero attached hydrogens (tertiary/aromatic N) is 1. The number of ether oxygens (including phenoxy) is 1. The number of benzene rings is 4. The molecule has 0 heterocycles. The monoisotopic (exact) mass is 547 g/mol. The van der Waals surface area contributed by atoms with Crippen molar-refractivity contribution in [2.45, 2.75) is 25.2 Å². The van der Waals surface area contributed by atoms with Crippen LogP contribution in [0.15, 0.2) is 109 Å². The van der Waals surface area contributed by atoms with Gasteiger partial charge in [-0.3, -0.25) is 4.79 Å². The Bertz CT molecular complexity index is 1310. The van der Waals surface area contributed by atoms with Gasteiger partial charge in [0.05, 0.1) is 5.97 Å². The normalized spacial score (nSPS) is 10.6. The number of aliphatic carboxylic acids is 1. The zero-order valence-corrected chi connectivity index (χ0v) is 24.7. The van der Waals surface area contributed by atoms with Crippen molar-refractivity contribution in [1.82, 2.24) is 4.90 Å². The minimum atomic E-state index is -1.42. The molecule has 4 aromatic carbocycles. The summed E-state index contributed by atoms with van der Waals surface area (Å²) in [6.07, 6.45) is 1.97. The Morgan fingerprint density at radius 3 is 1.95 bits per heavy atom. The summed E-state index contributed by atoms with van der Waals surface area (Å²) in [5.74, 6) is -2.07. The van der Waals surface area contributed by atoms with Gasteiger partial charge in [0.15, 0.2) is 11.6 Å². The number of rotatable bonds is 13. The third-order valence-corrected chi connectivity index (χ3v) is 6.63. The van der Waals surface area contributed by atoms with E-state index in [2.05, 4.69) is 24.3 Å². The second-order valence-electron chi connectivity index (χ2n) is 9.35. The molecular formula is C33H31FNNaO4. The molecule has 0 unspecified atom stereocenters. The third kappa shape index (κ3) is 9.05. The minimum absolute atomic E-state index is 0. The number of halogens is 1.